The first-order chi connectivity index (χ1) is 15.0. The van der Waals surface area contributed by atoms with Crippen molar-refractivity contribution in [3.05, 3.63) is 79.1 Å². The fourth-order valence-corrected chi connectivity index (χ4v) is 3.65. The summed E-state index contributed by atoms with van der Waals surface area (Å²) in [5.74, 6) is -0.668. The van der Waals surface area contributed by atoms with E-state index in [4.69, 9.17) is 23.2 Å². The van der Waals surface area contributed by atoms with Crippen LogP contribution in [0.5, 0.6) is 0 Å². The molecule has 0 spiro atoms. The molecule has 0 atom stereocenters. The smallest absolute Gasteiger partial charge is 0.336 e. The van der Waals surface area contributed by atoms with E-state index in [-0.39, 0.29) is 51.9 Å². The molecule has 32 heavy (non-hydrogen) atoms. The van der Waals surface area contributed by atoms with E-state index in [2.05, 4.69) is 4.98 Å². The molecule has 7 nitrogen and oxygen atoms in total. The number of nitriles is 1. The largest absolute Gasteiger partial charge is 0.390 e. The molecular weight excluding hydrogens is 458 g/mol. The maximum atomic E-state index is 13.8. The number of pyridine rings is 1. The minimum atomic E-state index is -1.10. The van der Waals surface area contributed by atoms with Gasteiger partial charge in [-0.3, -0.25) is 14.3 Å². The van der Waals surface area contributed by atoms with E-state index in [0.717, 1.165) is 15.2 Å². The van der Waals surface area contributed by atoms with Crippen molar-refractivity contribution in [1.29, 1.82) is 5.26 Å². The monoisotopic (exact) mass is 476 g/mol. The van der Waals surface area contributed by atoms with E-state index < -0.39 is 22.7 Å². The minimum absolute atomic E-state index is 0.0611. The number of halogens is 3. The quantitative estimate of drug-likeness (QED) is 0.583. The van der Waals surface area contributed by atoms with Gasteiger partial charge in [-0.2, -0.15) is 5.26 Å². The Kier molecular flexibility index (Phi) is 6.84. The molecule has 0 aliphatic heterocycles. The topological polar surface area (TPSA) is 101 Å². The van der Waals surface area contributed by atoms with Crippen LogP contribution in [-0.2, 0) is 13.0 Å². The van der Waals surface area contributed by atoms with E-state index in [1.54, 1.807) is 13.8 Å². The minimum Gasteiger partial charge on any atom is -0.390 e. The Bertz CT molecular complexity index is 1340. The van der Waals surface area contributed by atoms with Crippen molar-refractivity contribution in [2.24, 2.45) is 0 Å². The first-order valence-corrected chi connectivity index (χ1v) is 10.3. The van der Waals surface area contributed by atoms with Crippen LogP contribution < -0.4 is 11.2 Å². The first-order valence-electron chi connectivity index (χ1n) is 9.58. The third-order valence-corrected chi connectivity index (χ3v) is 5.31. The molecular formula is C22H19Cl2FN4O3. The fourth-order valence-electron chi connectivity index (χ4n) is 3.30. The maximum Gasteiger partial charge on any atom is 0.336 e. The number of nitrogens with zero attached hydrogens (tertiary/aromatic N) is 4. The van der Waals surface area contributed by atoms with Crippen LogP contribution in [0.4, 0.5) is 4.39 Å². The standard InChI is InChI=1S/C22H19Cl2FN4O3/c1-22(2,32)6-5-18-19(13-3-4-17(25)16(24)9-13)20(30)29(21(31)28(18)8-7-26)15-10-14(23)11-27-12-15/h3-4,9-12,32H,5-6,8H2,1-2H3. The molecule has 0 unspecified atom stereocenters. The van der Waals surface area contributed by atoms with Crippen molar-refractivity contribution in [3.8, 4) is 22.9 Å². The van der Waals surface area contributed by atoms with Crippen molar-refractivity contribution in [2.45, 2.75) is 38.8 Å². The molecule has 0 amide bonds. The molecule has 0 saturated carbocycles. The third kappa shape index (κ3) is 4.91. The molecule has 0 saturated heterocycles. The number of hydrogen-bond donors (Lipinski definition) is 1. The van der Waals surface area contributed by atoms with Crippen molar-refractivity contribution in [1.82, 2.24) is 14.1 Å². The van der Waals surface area contributed by atoms with Gasteiger partial charge in [0.05, 0.1) is 39.2 Å². The Balaban J connectivity index is 2.44. The molecule has 0 radical (unpaired) electrons. The van der Waals surface area contributed by atoms with E-state index >= 15 is 0 Å². The highest BCUT2D eigenvalue weighted by atomic mass is 35.5. The van der Waals surface area contributed by atoms with Gasteiger partial charge >= 0.3 is 5.69 Å². The number of hydrogen-bond acceptors (Lipinski definition) is 5. The summed E-state index contributed by atoms with van der Waals surface area (Å²) in [5.41, 5.74) is -1.89. The van der Waals surface area contributed by atoms with Gasteiger partial charge < -0.3 is 5.11 Å². The molecule has 3 aromatic rings. The third-order valence-electron chi connectivity index (χ3n) is 4.81. The second-order valence-corrected chi connectivity index (χ2v) is 8.64. The van der Waals surface area contributed by atoms with Gasteiger partial charge in [-0.05, 0) is 50.5 Å². The average molecular weight is 477 g/mol. The number of aromatic nitrogens is 3. The van der Waals surface area contributed by atoms with E-state index in [0.29, 0.717) is 0 Å². The van der Waals surface area contributed by atoms with Gasteiger partial charge in [0.1, 0.15) is 12.4 Å². The van der Waals surface area contributed by atoms with Crippen LogP contribution in [-0.4, -0.2) is 24.8 Å². The first kappa shape index (κ1) is 23.7. The Morgan fingerprint density at radius 2 is 1.94 bits per heavy atom. The van der Waals surface area contributed by atoms with Crippen LogP contribution in [0.15, 0.2) is 46.2 Å². The molecule has 2 heterocycles. The highest BCUT2D eigenvalue weighted by molar-refractivity contribution is 6.31. The van der Waals surface area contributed by atoms with Crippen molar-refractivity contribution >= 4 is 23.2 Å². The summed E-state index contributed by atoms with van der Waals surface area (Å²) < 4.78 is 15.8. The lowest BCUT2D eigenvalue weighted by Gasteiger charge is -2.22. The fraction of sp³-hybridized carbons (Fsp3) is 0.273. The predicted octanol–water partition coefficient (Wildman–Crippen LogP) is 3.73. The Morgan fingerprint density at radius 1 is 1.22 bits per heavy atom. The molecule has 10 heteroatoms. The number of benzene rings is 1. The van der Waals surface area contributed by atoms with Gasteiger partial charge in [-0.1, -0.05) is 29.3 Å². The molecule has 2 aromatic heterocycles. The second-order valence-electron chi connectivity index (χ2n) is 7.79. The van der Waals surface area contributed by atoms with Crippen molar-refractivity contribution < 1.29 is 9.50 Å². The van der Waals surface area contributed by atoms with Gasteiger partial charge in [0, 0.05) is 11.9 Å². The summed E-state index contributed by atoms with van der Waals surface area (Å²) in [6.07, 6.45) is 2.95. The molecule has 3 rings (SSSR count). The summed E-state index contributed by atoms with van der Waals surface area (Å²) in [6, 6.07) is 7.09. The van der Waals surface area contributed by atoms with Crippen LogP contribution >= 0.6 is 23.2 Å². The normalized spacial score (nSPS) is 11.4. The lowest BCUT2D eigenvalue weighted by Crippen LogP contribution is -2.42. The van der Waals surface area contributed by atoms with Crippen LogP contribution in [0.1, 0.15) is 26.0 Å². The zero-order valence-electron chi connectivity index (χ0n) is 17.3. The highest BCUT2D eigenvalue weighted by Crippen LogP contribution is 2.27. The molecule has 0 aliphatic carbocycles. The van der Waals surface area contributed by atoms with E-state index in [9.17, 15) is 24.3 Å². The molecule has 0 bridgehead atoms. The molecule has 166 valence electrons. The van der Waals surface area contributed by atoms with Crippen LogP contribution in [0.25, 0.3) is 16.8 Å². The maximum absolute atomic E-state index is 13.8. The Hall–Kier alpha value is -2.99. The molecule has 1 aromatic carbocycles. The molecule has 1 N–H and O–H groups in total. The summed E-state index contributed by atoms with van der Waals surface area (Å²) in [6.45, 7) is 2.83. The summed E-state index contributed by atoms with van der Waals surface area (Å²) in [5, 5.41) is 19.6. The van der Waals surface area contributed by atoms with Gasteiger partial charge in [-0.25, -0.2) is 13.8 Å². The molecule has 0 aliphatic rings. The van der Waals surface area contributed by atoms with Crippen LogP contribution in [0, 0.1) is 17.1 Å². The van der Waals surface area contributed by atoms with Crippen LogP contribution in [0.3, 0.4) is 0 Å². The van der Waals surface area contributed by atoms with Gasteiger partial charge in [0.25, 0.3) is 5.56 Å². The van der Waals surface area contributed by atoms with Gasteiger partial charge in [-0.15, -0.1) is 0 Å². The predicted molar refractivity (Wildman–Crippen MR) is 120 cm³/mol. The Morgan fingerprint density at radius 3 is 2.53 bits per heavy atom. The van der Waals surface area contributed by atoms with Gasteiger partial charge in [0.2, 0.25) is 0 Å². The molecule has 0 fully saturated rings. The summed E-state index contributed by atoms with van der Waals surface area (Å²) in [4.78, 5) is 30.8. The number of aliphatic hydroxyl groups is 1. The van der Waals surface area contributed by atoms with E-state index in [1.807, 2.05) is 6.07 Å². The van der Waals surface area contributed by atoms with E-state index in [1.165, 1.54) is 30.6 Å². The van der Waals surface area contributed by atoms with Crippen LogP contribution in [0.2, 0.25) is 10.0 Å². The Labute approximate surface area is 192 Å². The van der Waals surface area contributed by atoms with Gasteiger partial charge in [0.15, 0.2) is 0 Å². The number of rotatable bonds is 6. The van der Waals surface area contributed by atoms with Crippen molar-refractivity contribution in [3.63, 3.8) is 0 Å². The lowest BCUT2D eigenvalue weighted by atomic mass is 9.96. The van der Waals surface area contributed by atoms with Crippen molar-refractivity contribution in [2.75, 3.05) is 0 Å². The summed E-state index contributed by atoms with van der Waals surface area (Å²) >= 11 is 12.0. The second kappa shape index (κ2) is 9.25. The summed E-state index contributed by atoms with van der Waals surface area (Å²) in [7, 11) is 0. The SMILES string of the molecule is CC(C)(O)CCc1c(-c2ccc(F)c(Cl)c2)c(=O)n(-c2cncc(Cl)c2)c(=O)n1CC#N. The zero-order valence-corrected chi connectivity index (χ0v) is 18.8. The zero-order chi connectivity index (χ0) is 23.6. The highest BCUT2D eigenvalue weighted by Gasteiger charge is 2.24. The average Bonchev–Trinajstić information content (AvgIpc) is 2.70. The lowest BCUT2D eigenvalue weighted by molar-refractivity contribution is 0.0708.